The number of benzene rings is 1. The second kappa shape index (κ2) is 6.69. The van der Waals surface area contributed by atoms with Crippen LogP contribution in [0.2, 0.25) is 0 Å². The number of hydrogen-bond donors (Lipinski definition) is 3. The highest BCUT2D eigenvalue weighted by atomic mass is 79.9. The Hall–Kier alpha value is -1.56. The van der Waals surface area contributed by atoms with E-state index in [-0.39, 0.29) is 5.92 Å². The fraction of sp³-hybridized carbons (Fsp3) is 0.500. The summed E-state index contributed by atoms with van der Waals surface area (Å²) in [6, 6.07) is 4.94. The minimum atomic E-state index is -1.27. The number of carboxylic acids is 1. The quantitative estimate of drug-likeness (QED) is 0.711. The summed E-state index contributed by atoms with van der Waals surface area (Å²) in [4.78, 5) is 24.2. The monoisotopic (exact) mass is 368 g/mol. The molecule has 0 aromatic heterocycles. The number of carbonyl (C=O) groups excluding carboxylic acids is 1. The van der Waals surface area contributed by atoms with Crippen LogP contribution in [0.15, 0.2) is 22.7 Å². The van der Waals surface area contributed by atoms with Crippen LogP contribution in [0.5, 0.6) is 0 Å². The first-order valence-corrected chi connectivity index (χ1v) is 8.25. The van der Waals surface area contributed by atoms with E-state index in [1.54, 1.807) is 25.1 Å². The van der Waals surface area contributed by atoms with E-state index in [1.807, 2.05) is 0 Å². The number of rotatable bonds is 4. The summed E-state index contributed by atoms with van der Waals surface area (Å²) in [5, 5.41) is 12.3. The summed E-state index contributed by atoms with van der Waals surface area (Å²) in [6.07, 6.45) is 4.77. The Morgan fingerprint density at radius 2 is 1.95 bits per heavy atom. The molecule has 0 aliphatic heterocycles. The molecule has 0 heterocycles. The first-order chi connectivity index (χ1) is 10.3. The molecule has 0 saturated heterocycles. The number of carboxylic acid groups (broad SMARTS) is 1. The zero-order chi connectivity index (χ0) is 16.3. The first kappa shape index (κ1) is 16.8. The van der Waals surface area contributed by atoms with Crippen molar-refractivity contribution in [3.8, 4) is 0 Å². The number of aliphatic carboxylic acids is 1. The Morgan fingerprint density at radius 1 is 1.32 bits per heavy atom. The third-order valence-corrected chi connectivity index (χ3v) is 4.99. The molecule has 120 valence electrons. The van der Waals surface area contributed by atoms with E-state index in [0.717, 1.165) is 36.6 Å². The van der Waals surface area contributed by atoms with Crippen LogP contribution in [0.25, 0.3) is 0 Å². The molecular weight excluding hydrogens is 348 g/mol. The number of carbonyl (C=O) groups is 2. The second-order valence-electron chi connectivity index (χ2n) is 6.03. The predicted octanol–water partition coefficient (Wildman–Crippen LogP) is 3.18. The van der Waals surface area contributed by atoms with Gasteiger partial charge in [-0.15, -0.1) is 0 Å². The average molecular weight is 369 g/mol. The standard InChI is InChI=1S/C16H21BrN2O3/c1-16(15(21)22,10-5-3-2-4-6-10)19-14(20)12-8-7-11(17)9-13(12)18/h7-10H,2-6,18H2,1H3,(H,19,20)(H,21,22)/t16-/m0/s1. The Balaban J connectivity index is 2.23. The molecule has 1 saturated carbocycles. The highest BCUT2D eigenvalue weighted by molar-refractivity contribution is 9.10. The van der Waals surface area contributed by atoms with Crippen LogP contribution in [0.4, 0.5) is 5.69 Å². The van der Waals surface area contributed by atoms with Crippen molar-refractivity contribution in [2.75, 3.05) is 5.73 Å². The smallest absolute Gasteiger partial charge is 0.329 e. The van der Waals surface area contributed by atoms with Gasteiger partial charge in [-0.1, -0.05) is 35.2 Å². The maximum absolute atomic E-state index is 12.5. The lowest BCUT2D eigenvalue weighted by atomic mass is 9.75. The van der Waals surface area contributed by atoms with Crippen molar-refractivity contribution in [2.45, 2.75) is 44.6 Å². The molecule has 22 heavy (non-hydrogen) atoms. The van der Waals surface area contributed by atoms with Gasteiger partial charge in [0.1, 0.15) is 5.54 Å². The molecule has 0 radical (unpaired) electrons. The van der Waals surface area contributed by atoms with Gasteiger partial charge in [0, 0.05) is 10.2 Å². The highest BCUT2D eigenvalue weighted by Gasteiger charge is 2.43. The molecular formula is C16H21BrN2O3. The molecule has 2 rings (SSSR count). The van der Waals surface area contributed by atoms with Gasteiger partial charge in [-0.3, -0.25) is 4.79 Å². The molecule has 1 fully saturated rings. The van der Waals surface area contributed by atoms with Crippen molar-refractivity contribution in [1.82, 2.24) is 5.32 Å². The van der Waals surface area contributed by atoms with Crippen LogP contribution in [0.1, 0.15) is 49.4 Å². The molecule has 1 amide bonds. The van der Waals surface area contributed by atoms with Crippen LogP contribution >= 0.6 is 15.9 Å². The molecule has 1 aliphatic rings. The van der Waals surface area contributed by atoms with Crippen molar-refractivity contribution < 1.29 is 14.7 Å². The van der Waals surface area contributed by atoms with Gasteiger partial charge in [0.15, 0.2) is 0 Å². The highest BCUT2D eigenvalue weighted by Crippen LogP contribution is 2.33. The molecule has 6 heteroatoms. The van der Waals surface area contributed by atoms with Crippen molar-refractivity contribution >= 4 is 33.5 Å². The topological polar surface area (TPSA) is 92.4 Å². The minimum Gasteiger partial charge on any atom is -0.480 e. The molecule has 1 atom stereocenters. The second-order valence-corrected chi connectivity index (χ2v) is 6.94. The predicted molar refractivity (Wildman–Crippen MR) is 88.6 cm³/mol. The summed E-state index contributed by atoms with van der Waals surface area (Å²) >= 11 is 3.29. The van der Waals surface area contributed by atoms with Crippen molar-refractivity contribution in [1.29, 1.82) is 0 Å². The number of hydrogen-bond acceptors (Lipinski definition) is 3. The van der Waals surface area contributed by atoms with E-state index in [9.17, 15) is 14.7 Å². The molecule has 5 nitrogen and oxygen atoms in total. The maximum Gasteiger partial charge on any atom is 0.329 e. The minimum absolute atomic E-state index is 0.0561. The Labute approximate surface area is 138 Å². The van der Waals surface area contributed by atoms with Gasteiger partial charge in [0.2, 0.25) is 0 Å². The summed E-state index contributed by atoms with van der Waals surface area (Å²) in [7, 11) is 0. The Kier molecular flexibility index (Phi) is 5.11. The third-order valence-electron chi connectivity index (χ3n) is 4.50. The maximum atomic E-state index is 12.5. The lowest BCUT2D eigenvalue weighted by Crippen LogP contribution is -2.57. The number of nitrogens with one attached hydrogen (secondary N) is 1. The van der Waals surface area contributed by atoms with E-state index in [4.69, 9.17) is 5.73 Å². The zero-order valence-electron chi connectivity index (χ0n) is 12.6. The van der Waals surface area contributed by atoms with E-state index in [2.05, 4.69) is 21.2 Å². The van der Waals surface area contributed by atoms with Crippen molar-refractivity contribution in [3.63, 3.8) is 0 Å². The summed E-state index contributed by atoms with van der Waals surface area (Å²) in [5.74, 6) is -1.50. The van der Waals surface area contributed by atoms with Gasteiger partial charge in [0.25, 0.3) is 5.91 Å². The van der Waals surface area contributed by atoms with Crippen LogP contribution in [-0.4, -0.2) is 22.5 Å². The van der Waals surface area contributed by atoms with Crippen molar-refractivity contribution in [2.24, 2.45) is 5.92 Å². The summed E-state index contributed by atoms with van der Waals surface area (Å²) in [5.41, 5.74) is 5.21. The lowest BCUT2D eigenvalue weighted by molar-refractivity contribution is -0.146. The Bertz CT molecular complexity index is 585. The van der Waals surface area contributed by atoms with E-state index in [1.165, 1.54) is 0 Å². The molecule has 4 N–H and O–H groups in total. The third kappa shape index (κ3) is 3.43. The van der Waals surface area contributed by atoms with Crippen molar-refractivity contribution in [3.05, 3.63) is 28.2 Å². The summed E-state index contributed by atoms with van der Waals surface area (Å²) < 4.78 is 0.773. The van der Waals surface area contributed by atoms with Gasteiger partial charge in [-0.05, 0) is 43.9 Å². The number of nitrogens with two attached hydrogens (primary N) is 1. The molecule has 1 aromatic carbocycles. The van der Waals surface area contributed by atoms with E-state index < -0.39 is 17.4 Å². The fourth-order valence-electron chi connectivity index (χ4n) is 3.05. The van der Waals surface area contributed by atoms with Gasteiger partial charge in [-0.2, -0.15) is 0 Å². The van der Waals surface area contributed by atoms with Crippen LogP contribution in [0.3, 0.4) is 0 Å². The molecule has 0 bridgehead atoms. The normalized spacial score (nSPS) is 18.5. The van der Waals surface area contributed by atoms with E-state index >= 15 is 0 Å². The number of amides is 1. The van der Waals surface area contributed by atoms with Gasteiger partial charge in [-0.25, -0.2) is 4.79 Å². The summed E-state index contributed by atoms with van der Waals surface area (Å²) in [6.45, 7) is 1.60. The largest absolute Gasteiger partial charge is 0.480 e. The molecule has 1 aromatic rings. The molecule has 0 spiro atoms. The van der Waals surface area contributed by atoms with Crippen LogP contribution in [-0.2, 0) is 4.79 Å². The van der Waals surface area contributed by atoms with Gasteiger partial charge in [0.05, 0.1) is 5.56 Å². The van der Waals surface area contributed by atoms with Gasteiger partial charge >= 0.3 is 5.97 Å². The first-order valence-electron chi connectivity index (χ1n) is 7.45. The average Bonchev–Trinajstić information content (AvgIpc) is 2.47. The number of halogens is 1. The lowest BCUT2D eigenvalue weighted by Gasteiger charge is -2.37. The number of nitrogen functional groups attached to an aromatic ring is 1. The molecule has 1 aliphatic carbocycles. The number of anilines is 1. The fourth-order valence-corrected chi connectivity index (χ4v) is 3.43. The van der Waals surface area contributed by atoms with E-state index in [0.29, 0.717) is 11.3 Å². The van der Waals surface area contributed by atoms with Gasteiger partial charge < -0.3 is 16.2 Å². The SMILES string of the molecule is C[C@@](NC(=O)c1ccc(Br)cc1N)(C(=O)O)C1CCCCC1. The Morgan fingerprint density at radius 3 is 2.50 bits per heavy atom. The van der Waals surface area contributed by atoms with Crippen LogP contribution < -0.4 is 11.1 Å². The van der Waals surface area contributed by atoms with Crippen LogP contribution in [0, 0.1) is 5.92 Å². The molecule has 0 unspecified atom stereocenters. The zero-order valence-corrected chi connectivity index (χ0v) is 14.1.